The molecule has 246 valence electrons. The lowest BCUT2D eigenvalue weighted by atomic mass is 9.79. The van der Waals surface area contributed by atoms with Gasteiger partial charge in [-0.3, -0.25) is 0 Å². The first-order valence-corrected chi connectivity index (χ1v) is 16.4. The largest absolute Gasteiger partial charge is 0.504 e. The molecule has 0 saturated heterocycles. The Kier molecular flexibility index (Phi) is 11.8. The van der Waals surface area contributed by atoms with Gasteiger partial charge in [-0.1, -0.05) is 42.9 Å². The Labute approximate surface area is 271 Å². The molecule has 0 saturated carbocycles. The molecular weight excluding hydrogens is 582 g/mol. The number of nitrogen functional groups attached to an aromatic ring is 1. The number of rotatable bonds is 11. The van der Waals surface area contributed by atoms with Crippen LogP contribution in [-0.4, -0.2) is 67.0 Å². The van der Waals surface area contributed by atoms with E-state index in [0.717, 1.165) is 36.1 Å². The van der Waals surface area contributed by atoms with Crippen molar-refractivity contribution in [1.82, 2.24) is 9.97 Å². The number of ether oxygens (including phenoxy) is 1. The summed E-state index contributed by atoms with van der Waals surface area (Å²) < 4.78 is 6.27. The molecule has 3 aromatic rings. The van der Waals surface area contributed by atoms with Gasteiger partial charge in [-0.2, -0.15) is 0 Å². The zero-order chi connectivity index (χ0) is 32.5. The molecule has 46 heavy (non-hydrogen) atoms. The number of H-pyrrole nitrogens is 1. The van der Waals surface area contributed by atoms with Gasteiger partial charge in [0.25, 0.3) is 0 Å². The number of aliphatic hydroxyl groups excluding tert-OH is 4. The number of phenols is 1. The summed E-state index contributed by atoms with van der Waals surface area (Å²) in [7, 11) is 0. The maximum atomic E-state index is 11.4. The monoisotopic (exact) mass is 629 g/mol. The molecule has 9 nitrogen and oxygen atoms in total. The summed E-state index contributed by atoms with van der Waals surface area (Å²) >= 11 is 0. The molecule has 2 aliphatic carbocycles. The topological polar surface area (TPSA) is 165 Å². The van der Waals surface area contributed by atoms with Crippen molar-refractivity contribution in [2.24, 2.45) is 17.8 Å². The molecule has 1 aromatic carbocycles. The summed E-state index contributed by atoms with van der Waals surface area (Å²) in [6.45, 7) is -0.171. The maximum Gasteiger partial charge on any atom is 0.161 e. The van der Waals surface area contributed by atoms with E-state index in [1.54, 1.807) is 18.3 Å². The summed E-state index contributed by atoms with van der Waals surface area (Å²) in [6, 6.07) is 12.9. The molecule has 0 radical (unpaired) electrons. The number of aromatic hydroxyl groups is 1. The number of aromatic nitrogens is 2. The molecule has 2 aromatic heterocycles. The highest BCUT2D eigenvalue weighted by Crippen LogP contribution is 2.39. The minimum absolute atomic E-state index is 0.0409. The van der Waals surface area contributed by atoms with Gasteiger partial charge in [0.15, 0.2) is 11.5 Å². The average Bonchev–Trinajstić information content (AvgIpc) is 3.50. The first-order chi connectivity index (χ1) is 22.3. The molecule has 2 aliphatic rings. The normalized spacial score (nSPS) is 26.2. The highest BCUT2D eigenvalue weighted by molar-refractivity contribution is 5.44. The number of hydrogen-bond donors (Lipinski definition) is 7. The van der Waals surface area contributed by atoms with Gasteiger partial charge in [0.05, 0.1) is 18.8 Å². The van der Waals surface area contributed by atoms with Crippen molar-refractivity contribution < 1.29 is 30.3 Å². The Balaban J connectivity index is 1.36. The van der Waals surface area contributed by atoms with E-state index in [1.807, 2.05) is 48.7 Å². The van der Waals surface area contributed by atoms with Crippen molar-refractivity contribution in [3.8, 4) is 23.3 Å². The number of nitrogens with zero attached hydrogens (tertiary/aromatic N) is 1. The smallest absolute Gasteiger partial charge is 0.161 e. The van der Waals surface area contributed by atoms with E-state index in [-0.39, 0.29) is 48.4 Å². The highest BCUT2D eigenvalue weighted by atomic mass is 16.5. The Hall–Kier alpha value is -3.81. The van der Waals surface area contributed by atoms with Crippen LogP contribution in [0.2, 0.25) is 0 Å². The van der Waals surface area contributed by atoms with Crippen molar-refractivity contribution in [3.63, 3.8) is 0 Å². The van der Waals surface area contributed by atoms with Gasteiger partial charge in [-0.25, -0.2) is 4.98 Å². The Morgan fingerprint density at radius 2 is 1.87 bits per heavy atom. The van der Waals surface area contributed by atoms with E-state index < -0.39 is 24.2 Å². The van der Waals surface area contributed by atoms with Gasteiger partial charge in [0.1, 0.15) is 11.9 Å². The molecular formula is C37H47N3O6. The molecule has 9 heteroatoms. The number of phenolic OH excluding ortho intramolecular Hbond substituents is 1. The van der Waals surface area contributed by atoms with E-state index in [4.69, 9.17) is 10.5 Å². The van der Waals surface area contributed by atoms with Gasteiger partial charge >= 0.3 is 0 Å². The quantitative estimate of drug-likeness (QED) is 0.121. The van der Waals surface area contributed by atoms with Gasteiger partial charge in [-0.15, -0.1) is 0 Å². The van der Waals surface area contributed by atoms with Crippen LogP contribution < -0.4 is 10.5 Å². The number of nitrogens with one attached hydrogen (secondary N) is 1. The third-order valence-electron chi connectivity index (χ3n) is 9.45. The maximum absolute atomic E-state index is 11.4. The number of allylic oxidation sites excluding steroid dienone is 2. The first kappa shape index (κ1) is 33.6. The molecule has 0 bridgehead atoms. The molecule has 5 rings (SSSR count). The van der Waals surface area contributed by atoms with Crippen LogP contribution in [0.1, 0.15) is 73.6 Å². The number of anilines is 1. The van der Waals surface area contributed by atoms with Crippen molar-refractivity contribution >= 4 is 5.82 Å². The van der Waals surface area contributed by atoms with Crippen LogP contribution in [0, 0.1) is 29.6 Å². The summed E-state index contributed by atoms with van der Waals surface area (Å²) in [6.07, 6.45) is 10.9. The molecule has 8 N–H and O–H groups in total. The lowest BCUT2D eigenvalue weighted by molar-refractivity contribution is -0.00709. The predicted octanol–water partition coefficient (Wildman–Crippen LogP) is 4.43. The highest BCUT2D eigenvalue weighted by Gasteiger charge is 2.36. The molecule has 0 amide bonds. The number of pyridine rings is 1. The minimum atomic E-state index is -0.796. The number of nitrogens with two attached hydrogens (primary N) is 1. The predicted molar refractivity (Wildman–Crippen MR) is 177 cm³/mol. The molecule has 0 fully saturated rings. The van der Waals surface area contributed by atoms with Crippen molar-refractivity contribution in [1.29, 1.82) is 0 Å². The number of aromatic amines is 1. The van der Waals surface area contributed by atoms with Gasteiger partial charge in [0.2, 0.25) is 0 Å². The first-order valence-electron chi connectivity index (χ1n) is 16.4. The fraction of sp³-hybridized carbons (Fsp3) is 0.486. The molecule has 0 spiro atoms. The number of fused-ring (bicyclic) bond motifs is 1. The zero-order valence-electron chi connectivity index (χ0n) is 26.2. The van der Waals surface area contributed by atoms with E-state index in [2.05, 4.69) is 21.8 Å². The standard InChI is InChI=1S/C37H47N3O6/c38-36-22-28(13-16-40-36)29(18-30-5-3-15-39-30)19-31(23-42)46-35-21-27(11-12-32(35)43)26-10-9-25-8-7-24(14-17-41)4-1-2-6-33(44)37(25)34(45)20-26/h3,5,9-13,15-16,21-22,24-26,29,31,33-34,37,39,41-45H,1-2,4,6,14,17-20,23H2,(H2,38,40). The van der Waals surface area contributed by atoms with Crippen LogP contribution in [0.4, 0.5) is 5.82 Å². The fourth-order valence-corrected chi connectivity index (χ4v) is 6.93. The summed E-state index contributed by atoms with van der Waals surface area (Å²) in [5.74, 6) is 6.40. The Bertz CT molecular complexity index is 1480. The fourth-order valence-electron chi connectivity index (χ4n) is 6.93. The van der Waals surface area contributed by atoms with Crippen LogP contribution >= 0.6 is 0 Å². The van der Waals surface area contributed by atoms with Crippen molar-refractivity contribution in [2.45, 2.75) is 81.5 Å². The number of hydrogen-bond acceptors (Lipinski definition) is 8. The second kappa shape index (κ2) is 16.1. The summed E-state index contributed by atoms with van der Waals surface area (Å²) in [5.41, 5.74) is 8.85. The average molecular weight is 630 g/mol. The van der Waals surface area contributed by atoms with Crippen LogP contribution in [0.3, 0.4) is 0 Å². The SMILES string of the molecule is Nc1cc(C(Cc2ccc[nH]2)CC(CO)Oc2cc(C3C=CC4C#CC(CCO)CCCCC(O)C4C(O)C3)ccc2O)ccn1. The zero-order valence-corrected chi connectivity index (χ0v) is 26.2. The Morgan fingerprint density at radius 1 is 1.02 bits per heavy atom. The van der Waals surface area contributed by atoms with Gasteiger partial charge < -0.3 is 41.0 Å². The second-order valence-electron chi connectivity index (χ2n) is 12.7. The summed E-state index contributed by atoms with van der Waals surface area (Å²) in [5, 5.41) is 53.2. The Morgan fingerprint density at radius 3 is 2.63 bits per heavy atom. The van der Waals surface area contributed by atoms with E-state index in [0.29, 0.717) is 37.9 Å². The van der Waals surface area contributed by atoms with Gasteiger partial charge in [-0.05, 0) is 92.0 Å². The molecule has 8 unspecified atom stereocenters. The van der Waals surface area contributed by atoms with Crippen LogP contribution in [-0.2, 0) is 6.42 Å². The number of benzene rings is 1. The van der Waals surface area contributed by atoms with Gasteiger partial charge in [0, 0.05) is 48.4 Å². The van der Waals surface area contributed by atoms with Crippen LogP contribution in [0.25, 0.3) is 0 Å². The molecule has 8 atom stereocenters. The molecule has 2 heterocycles. The third-order valence-corrected chi connectivity index (χ3v) is 9.45. The lowest BCUT2D eigenvalue weighted by Gasteiger charge is -2.31. The molecule has 0 aliphatic heterocycles. The number of aliphatic hydroxyl groups is 4. The van der Waals surface area contributed by atoms with Crippen LogP contribution in [0.5, 0.6) is 11.5 Å². The lowest BCUT2D eigenvalue weighted by Crippen LogP contribution is -2.36. The van der Waals surface area contributed by atoms with E-state index >= 15 is 0 Å². The van der Waals surface area contributed by atoms with Crippen molar-refractivity contribution in [3.05, 3.63) is 83.8 Å². The van der Waals surface area contributed by atoms with Crippen LogP contribution in [0.15, 0.2) is 67.0 Å². The van der Waals surface area contributed by atoms with E-state index in [9.17, 15) is 25.5 Å². The third kappa shape index (κ3) is 8.71. The van der Waals surface area contributed by atoms with Crippen molar-refractivity contribution in [2.75, 3.05) is 18.9 Å². The minimum Gasteiger partial charge on any atom is -0.504 e. The van der Waals surface area contributed by atoms with E-state index in [1.165, 1.54) is 0 Å². The summed E-state index contributed by atoms with van der Waals surface area (Å²) in [4.78, 5) is 7.37. The second-order valence-corrected chi connectivity index (χ2v) is 12.7.